The van der Waals surface area contributed by atoms with Gasteiger partial charge in [-0.05, 0) is 25.5 Å². The number of carboxylic acids is 1. The third-order valence-electron chi connectivity index (χ3n) is 4.41. The fourth-order valence-corrected chi connectivity index (χ4v) is 3.29. The lowest BCUT2D eigenvalue weighted by Gasteiger charge is -2.19. The smallest absolute Gasteiger partial charge is 0.322 e. The van der Waals surface area contributed by atoms with E-state index in [0.29, 0.717) is 0 Å². The van der Waals surface area contributed by atoms with E-state index in [9.17, 15) is 9.90 Å². The number of hydrazine groups is 1. The number of fused-ring (bicyclic) bond motifs is 1. The number of aromatic nitrogens is 1. The van der Waals surface area contributed by atoms with E-state index in [-0.39, 0.29) is 12.0 Å². The zero-order valence-electron chi connectivity index (χ0n) is 11.8. The Morgan fingerprint density at radius 2 is 2.00 bits per heavy atom. The SMILES string of the molecule is Cc1c(C2C(C)NNC2C(=O)O)c2ccccc2n1C. The summed E-state index contributed by atoms with van der Waals surface area (Å²) in [5.74, 6) is -0.905. The van der Waals surface area contributed by atoms with Crippen molar-refractivity contribution in [3.63, 3.8) is 0 Å². The Bertz CT molecular complexity index is 677. The molecule has 1 saturated heterocycles. The van der Waals surface area contributed by atoms with Crippen molar-refractivity contribution in [2.45, 2.75) is 31.8 Å². The number of benzene rings is 1. The average Bonchev–Trinajstić information content (AvgIpc) is 2.91. The first-order valence-corrected chi connectivity index (χ1v) is 6.80. The Morgan fingerprint density at radius 1 is 1.30 bits per heavy atom. The predicted molar refractivity (Wildman–Crippen MR) is 77.6 cm³/mol. The molecule has 3 atom stereocenters. The summed E-state index contributed by atoms with van der Waals surface area (Å²) < 4.78 is 2.13. The van der Waals surface area contributed by atoms with Crippen LogP contribution in [0.15, 0.2) is 24.3 Å². The number of hydrogen-bond donors (Lipinski definition) is 3. The van der Waals surface area contributed by atoms with Crippen LogP contribution in [-0.4, -0.2) is 27.7 Å². The highest BCUT2D eigenvalue weighted by Gasteiger charge is 2.41. The van der Waals surface area contributed by atoms with E-state index in [1.807, 2.05) is 26.1 Å². The van der Waals surface area contributed by atoms with Crippen molar-refractivity contribution in [3.8, 4) is 0 Å². The minimum absolute atomic E-state index is 0.0700. The van der Waals surface area contributed by atoms with Gasteiger partial charge in [0.15, 0.2) is 0 Å². The largest absolute Gasteiger partial charge is 0.480 e. The summed E-state index contributed by atoms with van der Waals surface area (Å²) in [6.07, 6.45) is 0. The maximum atomic E-state index is 11.5. The van der Waals surface area contributed by atoms with Crippen molar-refractivity contribution in [2.75, 3.05) is 0 Å². The molecule has 106 valence electrons. The van der Waals surface area contributed by atoms with E-state index >= 15 is 0 Å². The molecule has 3 unspecified atom stereocenters. The molecule has 3 rings (SSSR count). The van der Waals surface area contributed by atoms with Gasteiger partial charge in [0, 0.05) is 35.6 Å². The molecule has 5 heteroatoms. The molecule has 5 nitrogen and oxygen atoms in total. The molecule has 1 fully saturated rings. The second-order valence-electron chi connectivity index (χ2n) is 5.49. The Balaban J connectivity index is 2.23. The second kappa shape index (κ2) is 4.61. The summed E-state index contributed by atoms with van der Waals surface area (Å²) in [5.41, 5.74) is 9.35. The highest BCUT2D eigenvalue weighted by atomic mass is 16.4. The van der Waals surface area contributed by atoms with Crippen LogP contribution in [0.3, 0.4) is 0 Å². The Hall–Kier alpha value is -1.85. The van der Waals surface area contributed by atoms with Gasteiger partial charge >= 0.3 is 5.97 Å². The molecule has 1 aliphatic rings. The molecule has 1 aromatic carbocycles. The van der Waals surface area contributed by atoms with Crippen LogP contribution in [0.25, 0.3) is 10.9 Å². The van der Waals surface area contributed by atoms with Gasteiger partial charge in [-0.1, -0.05) is 18.2 Å². The van der Waals surface area contributed by atoms with E-state index in [1.165, 1.54) is 0 Å². The lowest BCUT2D eigenvalue weighted by Crippen LogP contribution is -2.38. The second-order valence-corrected chi connectivity index (χ2v) is 5.49. The quantitative estimate of drug-likeness (QED) is 0.776. The van der Waals surface area contributed by atoms with E-state index in [2.05, 4.69) is 34.5 Å². The van der Waals surface area contributed by atoms with Crippen LogP contribution in [0.1, 0.15) is 24.1 Å². The van der Waals surface area contributed by atoms with Crippen LogP contribution in [-0.2, 0) is 11.8 Å². The van der Waals surface area contributed by atoms with Crippen LogP contribution in [0.2, 0.25) is 0 Å². The molecule has 0 aliphatic carbocycles. The minimum atomic E-state index is -0.820. The molecule has 1 aromatic heterocycles. The van der Waals surface area contributed by atoms with Gasteiger partial charge in [-0.3, -0.25) is 10.2 Å². The topological polar surface area (TPSA) is 66.3 Å². The molecule has 0 spiro atoms. The van der Waals surface area contributed by atoms with Gasteiger partial charge in [-0.25, -0.2) is 5.43 Å². The summed E-state index contributed by atoms with van der Waals surface area (Å²) in [5, 5.41) is 10.6. The highest BCUT2D eigenvalue weighted by Crippen LogP contribution is 2.36. The molecule has 2 heterocycles. The Labute approximate surface area is 117 Å². The summed E-state index contributed by atoms with van der Waals surface area (Å²) in [4.78, 5) is 11.5. The van der Waals surface area contributed by atoms with Crippen LogP contribution < -0.4 is 10.9 Å². The zero-order valence-corrected chi connectivity index (χ0v) is 11.8. The van der Waals surface area contributed by atoms with Crippen molar-refractivity contribution < 1.29 is 9.90 Å². The third kappa shape index (κ3) is 1.74. The number of nitrogens with zero attached hydrogens (tertiary/aromatic N) is 1. The monoisotopic (exact) mass is 273 g/mol. The normalized spacial score (nSPS) is 26.2. The summed E-state index contributed by atoms with van der Waals surface area (Å²) in [7, 11) is 2.03. The predicted octanol–water partition coefficient (Wildman–Crippen LogP) is 1.52. The molecular weight excluding hydrogens is 254 g/mol. The molecule has 2 aromatic rings. The maximum absolute atomic E-state index is 11.5. The van der Waals surface area contributed by atoms with Crippen molar-refractivity contribution in [3.05, 3.63) is 35.5 Å². The number of aryl methyl sites for hydroxylation is 1. The van der Waals surface area contributed by atoms with Gasteiger partial charge in [0.1, 0.15) is 6.04 Å². The fraction of sp³-hybridized carbons (Fsp3) is 0.400. The third-order valence-corrected chi connectivity index (χ3v) is 4.41. The van der Waals surface area contributed by atoms with Gasteiger partial charge in [0.05, 0.1) is 0 Å². The number of para-hydroxylation sites is 1. The van der Waals surface area contributed by atoms with E-state index in [4.69, 9.17) is 0 Å². The molecule has 0 bridgehead atoms. The Morgan fingerprint density at radius 3 is 2.70 bits per heavy atom. The molecule has 1 aliphatic heterocycles. The first kappa shape index (κ1) is 13.1. The number of carboxylic acid groups (broad SMARTS) is 1. The molecule has 20 heavy (non-hydrogen) atoms. The number of nitrogens with one attached hydrogen (secondary N) is 2. The zero-order chi connectivity index (χ0) is 14.4. The number of aliphatic carboxylic acids is 1. The maximum Gasteiger partial charge on any atom is 0.322 e. The van der Waals surface area contributed by atoms with E-state index in [1.54, 1.807) is 0 Å². The van der Waals surface area contributed by atoms with Gasteiger partial charge in [0.2, 0.25) is 0 Å². The van der Waals surface area contributed by atoms with Crippen LogP contribution in [0.4, 0.5) is 0 Å². The lowest BCUT2D eigenvalue weighted by molar-refractivity contribution is -0.139. The van der Waals surface area contributed by atoms with Crippen molar-refractivity contribution in [2.24, 2.45) is 7.05 Å². The first-order chi connectivity index (χ1) is 9.52. The highest BCUT2D eigenvalue weighted by molar-refractivity contribution is 5.88. The summed E-state index contributed by atoms with van der Waals surface area (Å²) >= 11 is 0. The van der Waals surface area contributed by atoms with Gasteiger partial charge in [-0.15, -0.1) is 0 Å². The number of rotatable bonds is 2. The van der Waals surface area contributed by atoms with Crippen molar-refractivity contribution in [1.82, 2.24) is 15.4 Å². The molecular formula is C15H19N3O2. The molecule has 0 radical (unpaired) electrons. The van der Waals surface area contributed by atoms with E-state index in [0.717, 1.165) is 22.2 Å². The summed E-state index contributed by atoms with van der Waals surface area (Å²) in [6.45, 7) is 4.07. The van der Waals surface area contributed by atoms with Gasteiger partial charge in [0.25, 0.3) is 0 Å². The van der Waals surface area contributed by atoms with Crippen molar-refractivity contribution >= 4 is 16.9 Å². The first-order valence-electron chi connectivity index (χ1n) is 6.80. The van der Waals surface area contributed by atoms with Crippen molar-refractivity contribution in [1.29, 1.82) is 0 Å². The standard InChI is InChI=1S/C15H19N3O2/c1-8-12(14(15(19)20)17-16-8)13-9(2)18(3)11-7-5-4-6-10(11)13/h4-8,12,14,16-17H,1-3H3,(H,19,20). The fourth-order valence-electron chi connectivity index (χ4n) is 3.29. The molecule has 0 amide bonds. The van der Waals surface area contributed by atoms with Crippen LogP contribution in [0, 0.1) is 6.92 Å². The number of carbonyl (C=O) groups is 1. The average molecular weight is 273 g/mol. The molecule has 0 saturated carbocycles. The molecule has 3 N–H and O–H groups in total. The van der Waals surface area contributed by atoms with Gasteiger partial charge < -0.3 is 9.67 Å². The summed E-state index contributed by atoms with van der Waals surface area (Å²) in [6, 6.07) is 7.62. The lowest BCUT2D eigenvalue weighted by atomic mass is 9.86. The Kier molecular flexibility index (Phi) is 3.03. The van der Waals surface area contributed by atoms with Crippen LogP contribution >= 0.6 is 0 Å². The van der Waals surface area contributed by atoms with Gasteiger partial charge in [-0.2, -0.15) is 0 Å². The van der Waals surface area contributed by atoms with Crippen LogP contribution in [0.5, 0.6) is 0 Å². The number of hydrogen-bond acceptors (Lipinski definition) is 3. The van der Waals surface area contributed by atoms with E-state index < -0.39 is 12.0 Å². The minimum Gasteiger partial charge on any atom is -0.480 e.